The lowest BCUT2D eigenvalue weighted by atomic mass is 10.0. The van der Waals surface area contributed by atoms with E-state index in [0.29, 0.717) is 30.4 Å². The summed E-state index contributed by atoms with van der Waals surface area (Å²) in [5.74, 6) is -0.00671. The summed E-state index contributed by atoms with van der Waals surface area (Å²) in [6.07, 6.45) is 4.18. The molecule has 0 radical (unpaired) electrons. The first kappa shape index (κ1) is 31.8. The molecule has 44 heavy (non-hydrogen) atoms. The molecule has 1 aliphatic heterocycles. The van der Waals surface area contributed by atoms with Gasteiger partial charge in [0.25, 0.3) is 0 Å². The first-order valence-corrected chi connectivity index (χ1v) is 17.4. The maximum atomic E-state index is 14.4. The number of nitrogens with zero attached hydrogens (tertiary/aromatic N) is 2. The molecule has 2 aliphatic rings. The normalized spacial score (nSPS) is 15.4. The minimum atomic E-state index is -3.89. The fourth-order valence-corrected chi connectivity index (χ4v) is 7.16. The molecule has 1 N–H and O–H groups in total. The summed E-state index contributed by atoms with van der Waals surface area (Å²) in [6.45, 7) is 1.92. The van der Waals surface area contributed by atoms with Crippen molar-refractivity contribution in [3.8, 4) is 11.5 Å². The average molecular weight is 685 g/mol. The molecule has 1 heterocycles. The van der Waals surface area contributed by atoms with Gasteiger partial charge in [-0.25, -0.2) is 8.42 Å². The Kier molecular flexibility index (Phi) is 10.5. The lowest BCUT2D eigenvalue weighted by Gasteiger charge is -2.34. The fourth-order valence-electron chi connectivity index (χ4n) is 5.66. The molecule has 9 nitrogen and oxygen atoms in total. The molecule has 1 saturated carbocycles. The average Bonchev–Trinajstić information content (AvgIpc) is 3.54. The van der Waals surface area contributed by atoms with Crippen molar-refractivity contribution in [3.63, 3.8) is 0 Å². The van der Waals surface area contributed by atoms with Gasteiger partial charge < -0.3 is 19.7 Å². The predicted molar refractivity (Wildman–Crippen MR) is 173 cm³/mol. The van der Waals surface area contributed by atoms with Crippen LogP contribution in [0.3, 0.4) is 0 Å². The van der Waals surface area contributed by atoms with Crippen LogP contribution < -0.4 is 19.1 Å². The Balaban J connectivity index is 1.52. The number of halogens is 1. The molecule has 5 rings (SSSR count). The zero-order valence-corrected chi connectivity index (χ0v) is 27.2. The number of hydrogen-bond acceptors (Lipinski definition) is 6. The molecule has 1 aliphatic carbocycles. The third-order valence-corrected chi connectivity index (χ3v) is 10.2. The minimum absolute atomic E-state index is 0.0540. The Labute approximate surface area is 267 Å². The SMILES string of the molecule is CCS(=O)(=O)N(CC(=O)N(Cc1cccc(Br)c1)[C@H](Cc1ccccc1)C(=O)NC1CCCC1)c1ccc2c(c1)OCCO2. The van der Waals surface area contributed by atoms with E-state index in [4.69, 9.17) is 9.47 Å². The van der Waals surface area contributed by atoms with Crippen molar-refractivity contribution in [2.45, 2.75) is 57.7 Å². The van der Waals surface area contributed by atoms with Gasteiger partial charge >= 0.3 is 0 Å². The Hall–Kier alpha value is -3.57. The number of carbonyl (C=O) groups is 2. The fraction of sp³-hybridized carbons (Fsp3) is 0.394. The maximum Gasteiger partial charge on any atom is 0.244 e. The molecule has 2 amide bonds. The highest BCUT2D eigenvalue weighted by atomic mass is 79.9. The van der Waals surface area contributed by atoms with Crippen molar-refractivity contribution in [1.29, 1.82) is 0 Å². The van der Waals surface area contributed by atoms with Crippen molar-refractivity contribution in [2.75, 3.05) is 29.8 Å². The van der Waals surface area contributed by atoms with Gasteiger partial charge in [0.1, 0.15) is 25.8 Å². The smallest absolute Gasteiger partial charge is 0.244 e. The van der Waals surface area contributed by atoms with Crippen molar-refractivity contribution in [2.24, 2.45) is 0 Å². The van der Waals surface area contributed by atoms with E-state index in [9.17, 15) is 18.0 Å². The highest BCUT2D eigenvalue weighted by Crippen LogP contribution is 2.35. The maximum absolute atomic E-state index is 14.4. The second-order valence-electron chi connectivity index (χ2n) is 11.1. The van der Waals surface area contributed by atoms with Gasteiger partial charge in [-0.15, -0.1) is 0 Å². The van der Waals surface area contributed by atoms with Crippen LogP contribution in [0.15, 0.2) is 77.3 Å². The lowest BCUT2D eigenvalue weighted by Crippen LogP contribution is -2.54. The van der Waals surface area contributed by atoms with Crippen LogP contribution in [0.2, 0.25) is 0 Å². The second-order valence-corrected chi connectivity index (χ2v) is 14.2. The summed E-state index contributed by atoms with van der Waals surface area (Å²) in [5.41, 5.74) is 2.00. The van der Waals surface area contributed by atoms with Gasteiger partial charge in [0.05, 0.1) is 11.4 Å². The van der Waals surface area contributed by atoms with Crippen molar-refractivity contribution in [1.82, 2.24) is 10.2 Å². The van der Waals surface area contributed by atoms with Crippen LogP contribution in [0, 0.1) is 0 Å². The minimum Gasteiger partial charge on any atom is -0.486 e. The molecule has 0 aromatic heterocycles. The second kappa shape index (κ2) is 14.5. The van der Waals surface area contributed by atoms with Gasteiger partial charge in [0.2, 0.25) is 21.8 Å². The molecule has 0 unspecified atom stereocenters. The molecule has 3 aromatic carbocycles. The van der Waals surface area contributed by atoms with E-state index in [1.807, 2.05) is 54.6 Å². The van der Waals surface area contributed by atoms with Crippen LogP contribution in [-0.2, 0) is 32.6 Å². The van der Waals surface area contributed by atoms with E-state index in [1.165, 1.54) is 11.8 Å². The van der Waals surface area contributed by atoms with Gasteiger partial charge in [-0.1, -0.05) is 71.2 Å². The monoisotopic (exact) mass is 683 g/mol. The van der Waals surface area contributed by atoms with Crippen molar-refractivity contribution < 1.29 is 27.5 Å². The topological polar surface area (TPSA) is 105 Å². The number of carbonyl (C=O) groups excluding carboxylic acids is 2. The molecular weight excluding hydrogens is 646 g/mol. The van der Waals surface area contributed by atoms with Gasteiger partial charge in [-0.3, -0.25) is 13.9 Å². The van der Waals surface area contributed by atoms with Gasteiger partial charge in [0.15, 0.2) is 11.5 Å². The van der Waals surface area contributed by atoms with E-state index in [-0.39, 0.29) is 30.7 Å². The zero-order valence-electron chi connectivity index (χ0n) is 24.8. The third kappa shape index (κ3) is 7.92. The standard InChI is InChI=1S/C33H38BrN3O6S/c1-2-44(40,41)37(28-15-16-30-31(21-28)43-18-17-42-30)23-32(38)36(22-25-11-8-12-26(34)19-25)29(20-24-9-4-3-5-10-24)33(39)35-27-13-6-7-14-27/h3-5,8-12,15-16,19,21,27,29H,2,6-7,13-14,17-18,20,22-23H2,1H3,(H,35,39)/t29-/m1/s1. The molecule has 11 heteroatoms. The molecule has 1 fully saturated rings. The van der Waals surface area contributed by atoms with Gasteiger partial charge in [-0.2, -0.15) is 0 Å². The largest absolute Gasteiger partial charge is 0.486 e. The molecule has 3 aromatic rings. The number of benzene rings is 3. The van der Waals surface area contributed by atoms with Crippen LogP contribution in [0.4, 0.5) is 5.69 Å². The quantitative estimate of drug-likeness (QED) is 0.286. The van der Waals surface area contributed by atoms with Crippen LogP contribution in [-0.4, -0.2) is 62.7 Å². The Morgan fingerprint density at radius 1 is 0.932 bits per heavy atom. The molecule has 0 saturated heterocycles. The van der Waals surface area contributed by atoms with Crippen LogP contribution in [0.25, 0.3) is 0 Å². The zero-order chi connectivity index (χ0) is 31.1. The number of sulfonamides is 1. The third-order valence-electron chi connectivity index (χ3n) is 8.01. The first-order chi connectivity index (χ1) is 21.2. The summed E-state index contributed by atoms with van der Waals surface area (Å²) in [6, 6.07) is 21.2. The molecule has 0 spiro atoms. The number of fused-ring (bicyclic) bond motifs is 1. The number of ether oxygens (including phenoxy) is 2. The van der Waals surface area contributed by atoms with Crippen LogP contribution in [0.1, 0.15) is 43.7 Å². The summed E-state index contributed by atoms with van der Waals surface area (Å²) in [7, 11) is -3.89. The molecule has 1 atom stereocenters. The van der Waals surface area contributed by atoms with Gasteiger partial charge in [0, 0.05) is 29.5 Å². The summed E-state index contributed by atoms with van der Waals surface area (Å²) in [5, 5.41) is 3.19. The first-order valence-electron chi connectivity index (χ1n) is 15.0. The number of rotatable bonds is 12. The van der Waals surface area contributed by atoms with E-state index in [0.717, 1.165) is 45.6 Å². The summed E-state index contributed by atoms with van der Waals surface area (Å²) >= 11 is 3.51. The van der Waals surface area contributed by atoms with E-state index >= 15 is 0 Å². The predicted octanol–water partition coefficient (Wildman–Crippen LogP) is 5.08. The van der Waals surface area contributed by atoms with Gasteiger partial charge in [-0.05, 0) is 55.2 Å². The van der Waals surface area contributed by atoms with E-state index < -0.39 is 28.5 Å². The van der Waals surface area contributed by atoms with Crippen LogP contribution >= 0.6 is 15.9 Å². The van der Waals surface area contributed by atoms with Crippen LogP contribution in [0.5, 0.6) is 11.5 Å². The number of nitrogens with one attached hydrogen (secondary N) is 1. The highest BCUT2D eigenvalue weighted by Gasteiger charge is 2.35. The molecular formula is C33H38BrN3O6S. The van der Waals surface area contributed by atoms with Crippen molar-refractivity contribution >= 4 is 43.5 Å². The summed E-state index contributed by atoms with van der Waals surface area (Å²) in [4.78, 5) is 29.9. The van der Waals surface area contributed by atoms with Crippen molar-refractivity contribution in [3.05, 3.63) is 88.4 Å². The highest BCUT2D eigenvalue weighted by molar-refractivity contribution is 9.10. The summed E-state index contributed by atoms with van der Waals surface area (Å²) < 4.78 is 40.2. The Morgan fingerprint density at radius 3 is 2.34 bits per heavy atom. The molecule has 234 valence electrons. The Bertz CT molecular complexity index is 1560. The van der Waals surface area contributed by atoms with E-state index in [2.05, 4.69) is 21.2 Å². The number of anilines is 1. The number of amides is 2. The molecule has 0 bridgehead atoms. The number of hydrogen-bond donors (Lipinski definition) is 1. The lowest BCUT2D eigenvalue weighted by molar-refractivity contribution is -0.140. The van der Waals surface area contributed by atoms with E-state index in [1.54, 1.807) is 18.2 Å². The Morgan fingerprint density at radius 2 is 1.64 bits per heavy atom.